The zero-order chi connectivity index (χ0) is 28.3. The largest absolute Gasteiger partial charge is 0.480 e. The number of hydrogen-bond acceptors (Lipinski definition) is 6. The van der Waals surface area contributed by atoms with Crippen molar-refractivity contribution >= 4 is 34.0 Å². The molecule has 2 aromatic carbocycles. The fourth-order valence-corrected chi connectivity index (χ4v) is 4.92. The molecule has 1 fully saturated rings. The summed E-state index contributed by atoms with van der Waals surface area (Å²) in [5, 5.41) is 7.84. The summed E-state index contributed by atoms with van der Waals surface area (Å²) in [6, 6.07) is 17.6. The number of nitrogens with one attached hydrogen (secondary N) is 2. The van der Waals surface area contributed by atoms with Gasteiger partial charge in [0.15, 0.2) is 0 Å². The maximum atomic E-state index is 13.1. The van der Waals surface area contributed by atoms with Crippen molar-refractivity contribution in [3.63, 3.8) is 0 Å². The van der Waals surface area contributed by atoms with Crippen LogP contribution in [0, 0.1) is 0 Å². The summed E-state index contributed by atoms with van der Waals surface area (Å²) >= 11 is 0. The van der Waals surface area contributed by atoms with Gasteiger partial charge in [-0.25, -0.2) is 9.78 Å². The van der Waals surface area contributed by atoms with E-state index >= 15 is 0 Å². The van der Waals surface area contributed by atoms with E-state index in [2.05, 4.69) is 47.4 Å². The van der Waals surface area contributed by atoms with Gasteiger partial charge in [-0.15, -0.1) is 0 Å². The molecule has 40 heavy (non-hydrogen) atoms. The van der Waals surface area contributed by atoms with Crippen molar-refractivity contribution in [3.05, 3.63) is 78.2 Å². The standard InChI is InChI=1S/C32H35N5O3/c1-32(2,3)22-17-29(30(40-4)34-19-22)36-31(39)35-28-12-11-25(26-7-5-6-8-27(26)28)21-9-10-23(33-18-21)20-37-15-13-24(38)14-16-37/h5-12,17-19H,13-16,20H2,1-4H3,(H2,35,36,39). The van der Waals surface area contributed by atoms with Gasteiger partial charge in [-0.1, -0.05) is 57.2 Å². The lowest BCUT2D eigenvalue weighted by molar-refractivity contribution is -0.121. The number of likely N-dealkylation sites (tertiary alicyclic amines) is 1. The number of anilines is 2. The van der Waals surface area contributed by atoms with Gasteiger partial charge in [-0.05, 0) is 40.1 Å². The SMILES string of the molecule is COc1ncc(C(C)(C)C)cc1NC(=O)Nc1ccc(-c2ccc(CN3CCC(=O)CC3)nc2)c2ccccc12. The normalized spacial score (nSPS) is 14.2. The zero-order valence-corrected chi connectivity index (χ0v) is 23.5. The molecule has 4 aromatic rings. The number of pyridine rings is 2. The Labute approximate surface area is 234 Å². The predicted octanol–water partition coefficient (Wildman–Crippen LogP) is 6.41. The lowest BCUT2D eigenvalue weighted by Crippen LogP contribution is -2.33. The van der Waals surface area contributed by atoms with Gasteiger partial charge in [0.1, 0.15) is 11.5 Å². The van der Waals surface area contributed by atoms with Crippen molar-refractivity contribution in [1.29, 1.82) is 0 Å². The number of urea groups is 1. The maximum Gasteiger partial charge on any atom is 0.323 e. The van der Waals surface area contributed by atoms with Crippen molar-refractivity contribution in [1.82, 2.24) is 14.9 Å². The number of methoxy groups -OCH3 is 1. The van der Waals surface area contributed by atoms with E-state index in [1.165, 1.54) is 7.11 Å². The summed E-state index contributed by atoms with van der Waals surface area (Å²) in [6.45, 7) is 8.60. The molecule has 1 aliphatic rings. The first kappa shape index (κ1) is 27.3. The van der Waals surface area contributed by atoms with Crippen molar-refractivity contribution in [2.45, 2.75) is 45.6 Å². The second kappa shape index (κ2) is 11.4. The third-order valence-corrected chi connectivity index (χ3v) is 7.27. The number of nitrogens with zero attached hydrogens (tertiary/aromatic N) is 3. The van der Waals surface area contributed by atoms with Crippen LogP contribution in [0.25, 0.3) is 21.9 Å². The Morgan fingerprint density at radius 1 is 0.925 bits per heavy atom. The number of piperidine rings is 1. The maximum absolute atomic E-state index is 13.1. The molecule has 2 amide bonds. The van der Waals surface area contributed by atoms with Gasteiger partial charge in [0.2, 0.25) is 5.88 Å². The lowest BCUT2D eigenvalue weighted by atomic mass is 9.88. The monoisotopic (exact) mass is 537 g/mol. The van der Waals surface area contributed by atoms with E-state index in [-0.39, 0.29) is 11.4 Å². The summed E-state index contributed by atoms with van der Waals surface area (Å²) in [4.78, 5) is 36.0. The van der Waals surface area contributed by atoms with E-state index in [0.29, 0.717) is 35.9 Å². The minimum absolute atomic E-state index is 0.126. The molecule has 5 rings (SSSR count). The van der Waals surface area contributed by atoms with Crippen LogP contribution in [0.2, 0.25) is 0 Å². The lowest BCUT2D eigenvalue weighted by Gasteiger charge is -2.25. The highest BCUT2D eigenvalue weighted by Gasteiger charge is 2.19. The predicted molar refractivity (Wildman–Crippen MR) is 159 cm³/mol. The van der Waals surface area contributed by atoms with Crippen LogP contribution >= 0.6 is 0 Å². The minimum atomic E-state index is -0.380. The number of carbonyl (C=O) groups is 2. The van der Waals surface area contributed by atoms with Crippen LogP contribution in [-0.2, 0) is 16.8 Å². The summed E-state index contributed by atoms with van der Waals surface area (Å²) in [6.07, 6.45) is 4.91. The number of rotatable bonds is 6. The minimum Gasteiger partial charge on any atom is -0.480 e. The average Bonchev–Trinajstić information content (AvgIpc) is 2.94. The van der Waals surface area contributed by atoms with Gasteiger partial charge >= 0.3 is 6.03 Å². The molecule has 8 nitrogen and oxygen atoms in total. The number of hydrogen-bond donors (Lipinski definition) is 2. The van der Waals surface area contributed by atoms with Crippen molar-refractivity contribution in [3.8, 4) is 17.0 Å². The first-order valence-corrected chi connectivity index (χ1v) is 13.5. The van der Waals surface area contributed by atoms with Crippen LogP contribution in [-0.4, -0.2) is 46.9 Å². The van der Waals surface area contributed by atoms with Crippen molar-refractivity contribution in [2.75, 3.05) is 30.8 Å². The molecule has 1 saturated heterocycles. The fourth-order valence-electron chi connectivity index (χ4n) is 4.92. The second-order valence-electron chi connectivity index (χ2n) is 11.2. The first-order valence-electron chi connectivity index (χ1n) is 13.5. The van der Waals surface area contributed by atoms with Crippen LogP contribution in [0.5, 0.6) is 5.88 Å². The molecule has 0 radical (unpaired) electrons. The number of fused-ring (bicyclic) bond motifs is 1. The van der Waals surface area contributed by atoms with Gasteiger partial charge in [-0.3, -0.25) is 14.7 Å². The molecular formula is C32H35N5O3. The van der Waals surface area contributed by atoms with Crippen LogP contribution < -0.4 is 15.4 Å². The van der Waals surface area contributed by atoms with Gasteiger partial charge in [0, 0.05) is 55.8 Å². The van der Waals surface area contributed by atoms with Crippen molar-refractivity contribution in [2.24, 2.45) is 0 Å². The highest BCUT2D eigenvalue weighted by Crippen LogP contribution is 2.34. The summed E-state index contributed by atoms with van der Waals surface area (Å²) in [7, 11) is 1.53. The van der Waals surface area contributed by atoms with Crippen LogP contribution in [0.4, 0.5) is 16.2 Å². The molecule has 0 aliphatic carbocycles. The molecule has 2 N–H and O–H groups in total. The van der Waals surface area contributed by atoms with E-state index in [1.54, 1.807) is 6.20 Å². The summed E-state index contributed by atoms with van der Waals surface area (Å²) < 4.78 is 5.38. The Morgan fingerprint density at radius 2 is 1.65 bits per heavy atom. The molecule has 1 aliphatic heterocycles. The molecule has 0 atom stereocenters. The number of Topliss-reactive ketones (excluding diaryl/α,β-unsaturated/α-hetero) is 1. The molecule has 206 valence electrons. The average molecular weight is 538 g/mol. The molecule has 0 bridgehead atoms. The summed E-state index contributed by atoms with van der Waals surface area (Å²) in [5.41, 5.74) is 5.09. The van der Waals surface area contributed by atoms with E-state index in [9.17, 15) is 9.59 Å². The van der Waals surface area contributed by atoms with Gasteiger partial charge in [-0.2, -0.15) is 0 Å². The van der Waals surface area contributed by atoms with E-state index in [1.807, 2.05) is 54.7 Å². The van der Waals surface area contributed by atoms with Gasteiger partial charge in [0.25, 0.3) is 0 Å². The molecule has 0 unspecified atom stereocenters. The molecular weight excluding hydrogens is 502 g/mol. The molecule has 2 aromatic heterocycles. The smallest absolute Gasteiger partial charge is 0.323 e. The van der Waals surface area contributed by atoms with E-state index in [0.717, 1.165) is 52.8 Å². The third-order valence-electron chi connectivity index (χ3n) is 7.27. The third kappa shape index (κ3) is 6.13. The topological polar surface area (TPSA) is 96.5 Å². The summed E-state index contributed by atoms with van der Waals surface area (Å²) in [5.74, 6) is 0.696. The van der Waals surface area contributed by atoms with Crippen LogP contribution in [0.3, 0.4) is 0 Å². The highest BCUT2D eigenvalue weighted by molar-refractivity contribution is 6.10. The number of amides is 2. The fraction of sp³-hybridized carbons (Fsp3) is 0.312. The Morgan fingerprint density at radius 3 is 2.33 bits per heavy atom. The number of ether oxygens (including phenoxy) is 1. The second-order valence-corrected chi connectivity index (χ2v) is 11.2. The Balaban J connectivity index is 1.35. The molecule has 8 heteroatoms. The van der Waals surface area contributed by atoms with E-state index < -0.39 is 0 Å². The molecule has 0 spiro atoms. The Bertz CT molecular complexity index is 1530. The van der Waals surface area contributed by atoms with Gasteiger partial charge in [0.05, 0.1) is 18.5 Å². The number of benzene rings is 2. The van der Waals surface area contributed by atoms with E-state index in [4.69, 9.17) is 9.72 Å². The number of aromatic nitrogens is 2. The van der Waals surface area contributed by atoms with Gasteiger partial charge < -0.3 is 15.4 Å². The first-order chi connectivity index (χ1) is 19.2. The van der Waals surface area contributed by atoms with Crippen LogP contribution in [0.1, 0.15) is 44.9 Å². The van der Waals surface area contributed by atoms with Crippen molar-refractivity contribution < 1.29 is 14.3 Å². The Kier molecular flexibility index (Phi) is 7.80. The molecule has 0 saturated carbocycles. The zero-order valence-electron chi connectivity index (χ0n) is 23.5. The van der Waals surface area contributed by atoms with Crippen LogP contribution in [0.15, 0.2) is 67.0 Å². The molecule has 3 heterocycles. The highest BCUT2D eigenvalue weighted by atomic mass is 16.5. The number of ketones is 1. The quantitative estimate of drug-likeness (QED) is 0.295. The Hall–Kier alpha value is -4.30. The number of carbonyl (C=O) groups excluding carboxylic acids is 2.